The molecule has 0 aliphatic rings. The van der Waals surface area contributed by atoms with Crippen LogP contribution in [-0.4, -0.2) is 21.2 Å². The average molecular weight is 300 g/mol. The van der Waals surface area contributed by atoms with Gasteiger partial charge in [-0.2, -0.15) is 0 Å². The highest BCUT2D eigenvalue weighted by Gasteiger charge is 2.05. The van der Waals surface area contributed by atoms with Crippen molar-refractivity contribution in [1.29, 1.82) is 0 Å². The smallest absolute Gasteiger partial charge is 0.187 e. The van der Waals surface area contributed by atoms with Gasteiger partial charge in [-0.3, -0.25) is 0 Å². The minimum Gasteiger partial charge on any atom is -0.329 e. The van der Waals surface area contributed by atoms with E-state index in [1.807, 2.05) is 29.8 Å². The maximum atomic E-state index is 4.57. The number of anilines is 2. The van der Waals surface area contributed by atoms with Crippen LogP contribution in [0.25, 0.3) is 11.3 Å². The van der Waals surface area contributed by atoms with Crippen LogP contribution in [0.1, 0.15) is 0 Å². The van der Waals surface area contributed by atoms with Crippen molar-refractivity contribution in [1.82, 2.24) is 15.0 Å². The first-order chi connectivity index (χ1) is 9.85. The van der Waals surface area contributed by atoms with E-state index in [2.05, 4.69) is 32.4 Å². The number of nitrogens with zero attached hydrogens (tertiary/aromatic N) is 3. The van der Waals surface area contributed by atoms with Crippen LogP contribution in [0.4, 0.5) is 10.8 Å². The minimum absolute atomic E-state index is 0.764. The van der Waals surface area contributed by atoms with Crippen molar-refractivity contribution in [3.8, 4) is 11.3 Å². The molecule has 2 aromatic heterocycles. The first-order valence-corrected chi connectivity index (χ1v) is 8.09. The number of aromatic nitrogens is 3. The van der Waals surface area contributed by atoms with Crippen molar-refractivity contribution in [2.45, 2.75) is 5.16 Å². The van der Waals surface area contributed by atoms with Gasteiger partial charge in [-0.15, -0.1) is 11.3 Å². The van der Waals surface area contributed by atoms with E-state index < -0.39 is 0 Å². The van der Waals surface area contributed by atoms with Crippen LogP contribution in [-0.2, 0) is 0 Å². The Morgan fingerprint density at radius 2 is 1.85 bits per heavy atom. The number of nitrogens with one attached hydrogen (secondary N) is 1. The van der Waals surface area contributed by atoms with Crippen molar-refractivity contribution in [2.24, 2.45) is 0 Å². The molecule has 0 saturated carbocycles. The zero-order valence-corrected chi connectivity index (χ0v) is 12.4. The molecule has 2 heterocycles. The highest BCUT2D eigenvalue weighted by atomic mass is 32.2. The van der Waals surface area contributed by atoms with Gasteiger partial charge in [-0.1, -0.05) is 42.1 Å². The van der Waals surface area contributed by atoms with Crippen LogP contribution in [0.2, 0.25) is 0 Å². The summed E-state index contributed by atoms with van der Waals surface area (Å²) in [4.78, 5) is 13.0. The third-order valence-electron chi connectivity index (χ3n) is 2.64. The van der Waals surface area contributed by atoms with Crippen molar-refractivity contribution >= 4 is 33.9 Å². The van der Waals surface area contributed by atoms with Crippen LogP contribution >= 0.6 is 23.1 Å². The topological polar surface area (TPSA) is 50.7 Å². The summed E-state index contributed by atoms with van der Waals surface area (Å²) in [5.41, 5.74) is 2.93. The van der Waals surface area contributed by atoms with Gasteiger partial charge in [0.1, 0.15) is 0 Å². The molecule has 0 saturated heterocycles. The molecule has 100 valence electrons. The second-order valence-electron chi connectivity index (χ2n) is 3.99. The molecule has 0 fully saturated rings. The summed E-state index contributed by atoms with van der Waals surface area (Å²) in [5, 5.41) is 6.86. The number of benzene rings is 1. The van der Waals surface area contributed by atoms with Crippen molar-refractivity contribution in [3.05, 3.63) is 48.1 Å². The monoisotopic (exact) mass is 300 g/mol. The molecule has 0 bridgehead atoms. The maximum Gasteiger partial charge on any atom is 0.187 e. The number of rotatable bonds is 4. The zero-order valence-electron chi connectivity index (χ0n) is 10.8. The molecule has 0 radical (unpaired) electrons. The molecular weight excluding hydrogens is 288 g/mol. The molecule has 0 aliphatic heterocycles. The number of hydrogen-bond acceptors (Lipinski definition) is 6. The molecule has 20 heavy (non-hydrogen) atoms. The van der Waals surface area contributed by atoms with Crippen LogP contribution < -0.4 is 5.32 Å². The van der Waals surface area contributed by atoms with E-state index in [1.165, 1.54) is 11.8 Å². The normalized spacial score (nSPS) is 10.4. The van der Waals surface area contributed by atoms with E-state index in [-0.39, 0.29) is 0 Å². The van der Waals surface area contributed by atoms with Gasteiger partial charge in [-0.05, 0) is 6.26 Å². The summed E-state index contributed by atoms with van der Waals surface area (Å²) < 4.78 is 0. The summed E-state index contributed by atoms with van der Waals surface area (Å²) in [5.74, 6) is 0. The second-order valence-corrected chi connectivity index (χ2v) is 5.62. The lowest BCUT2D eigenvalue weighted by atomic mass is 10.2. The summed E-state index contributed by atoms with van der Waals surface area (Å²) in [6.07, 6.45) is 5.49. The average Bonchev–Trinajstić information content (AvgIpc) is 2.97. The van der Waals surface area contributed by atoms with Crippen LogP contribution in [0.5, 0.6) is 0 Å². The van der Waals surface area contributed by atoms with Crippen molar-refractivity contribution in [2.75, 3.05) is 11.6 Å². The largest absolute Gasteiger partial charge is 0.329 e. The summed E-state index contributed by atoms with van der Waals surface area (Å²) in [6.45, 7) is 0. The van der Waals surface area contributed by atoms with E-state index in [0.29, 0.717) is 0 Å². The highest BCUT2D eigenvalue weighted by molar-refractivity contribution is 7.98. The predicted molar refractivity (Wildman–Crippen MR) is 84.6 cm³/mol. The van der Waals surface area contributed by atoms with E-state index in [9.17, 15) is 0 Å². The fraction of sp³-hybridized carbons (Fsp3) is 0.0714. The molecule has 6 heteroatoms. The number of thioether (sulfide) groups is 1. The van der Waals surface area contributed by atoms with Crippen LogP contribution in [0.3, 0.4) is 0 Å². The van der Waals surface area contributed by atoms with Gasteiger partial charge in [0.2, 0.25) is 0 Å². The number of thiazole rings is 1. The van der Waals surface area contributed by atoms with Crippen LogP contribution in [0.15, 0.2) is 53.3 Å². The Balaban J connectivity index is 1.77. The third kappa shape index (κ3) is 2.97. The second kappa shape index (κ2) is 6.02. The van der Waals surface area contributed by atoms with Gasteiger partial charge in [0.15, 0.2) is 10.3 Å². The molecule has 4 nitrogen and oxygen atoms in total. The van der Waals surface area contributed by atoms with E-state index in [1.54, 1.807) is 23.7 Å². The molecule has 0 spiro atoms. The first kappa shape index (κ1) is 13.1. The SMILES string of the molecule is CSc1ncc(Nc2nc(-c3ccccc3)cs2)cn1. The maximum absolute atomic E-state index is 4.57. The highest BCUT2D eigenvalue weighted by Crippen LogP contribution is 2.26. The summed E-state index contributed by atoms with van der Waals surface area (Å²) in [6, 6.07) is 10.1. The Labute approximate surface area is 125 Å². The fourth-order valence-electron chi connectivity index (χ4n) is 1.68. The lowest BCUT2D eigenvalue weighted by Crippen LogP contribution is -1.93. The Morgan fingerprint density at radius 3 is 2.55 bits per heavy atom. The van der Waals surface area contributed by atoms with Gasteiger partial charge in [0.25, 0.3) is 0 Å². The zero-order chi connectivity index (χ0) is 13.8. The molecule has 3 rings (SSSR count). The molecule has 0 unspecified atom stereocenters. The Morgan fingerprint density at radius 1 is 1.10 bits per heavy atom. The molecule has 1 N–H and O–H groups in total. The minimum atomic E-state index is 0.764. The predicted octanol–water partition coefficient (Wildman–Crippen LogP) is 4.07. The Hall–Kier alpha value is -1.92. The molecule has 3 aromatic rings. The van der Waals surface area contributed by atoms with Gasteiger partial charge in [0, 0.05) is 10.9 Å². The van der Waals surface area contributed by atoms with E-state index in [0.717, 1.165) is 27.2 Å². The van der Waals surface area contributed by atoms with Gasteiger partial charge in [-0.25, -0.2) is 15.0 Å². The lowest BCUT2D eigenvalue weighted by molar-refractivity contribution is 0.972. The van der Waals surface area contributed by atoms with Crippen molar-refractivity contribution < 1.29 is 0 Å². The quantitative estimate of drug-likeness (QED) is 0.581. The third-order valence-corrected chi connectivity index (χ3v) is 3.97. The Bertz CT molecular complexity index is 680. The van der Waals surface area contributed by atoms with Crippen LogP contribution in [0, 0.1) is 0 Å². The fourth-order valence-corrected chi connectivity index (χ4v) is 2.74. The molecule has 0 atom stereocenters. The van der Waals surface area contributed by atoms with E-state index in [4.69, 9.17) is 0 Å². The first-order valence-electron chi connectivity index (χ1n) is 5.99. The molecule has 0 amide bonds. The lowest BCUT2D eigenvalue weighted by Gasteiger charge is -2.01. The molecule has 1 aromatic carbocycles. The van der Waals surface area contributed by atoms with Gasteiger partial charge in [0.05, 0.1) is 23.8 Å². The van der Waals surface area contributed by atoms with Crippen molar-refractivity contribution in [3.63, 3.8) is 0 Å². The molecule has 0 aliphatic carbocycles. The van der Waals surface area contributed by atoms with E-state index >= 15 is 0 Å². The van der Waals surface area contributed by atoms with Gasteiger partial charge < -0.3 is 5.32 Å². The number of hydrogen-bond donors (Lipinski definition) is 1. The Kier molecular flexibility index (Phi) is 3.94. The molecular formula is C14H12N4S2. The summed E-state index contributed by atoms with van der Waals surface area (Å²) in [7, 11) is 0. The standard InChI is InChI=1S/C14H12N4S2/c1-19-13-15-7-11(8-16-13)17-14-18-12(9-20-14)10-5-3-2-4-6-10/h2-9H,1H3,(H,17,18). The van der Waals surface area contributed by atoms with Gasteiger partial charge >= 0.3 is 0 Å². The summed E-state index contributed by atoms with van der Waals surface area (Å²) >= 11 is 3.09.